The van der Waals surface area contributed by atoms with Crippen LogP contribution in [0, 0.1) is 0 Å². The van der Waals surface area contributed by atoms with Crippen LogP contribution in [0.15, 0.2) is 46.2 Å². The Labute approximate surface area is 111 Å². The van der Waals surface area contributed by atoms with Gasteiger partial charge in [-0.25, -0.2) is 16.8 Å². The molecule has 0 amide bonds. The van der Waals surface area contributed by atoms with Gasteiger partial charge in [-0.1, -0.05) is 24.3 Å². The summed E-state index contributed by atoms with van der Waals surface area (Å²) in [6.07, 6.45) is 0.134. The second-order valence-corrected chi connectivity index (χ2v) is 8.76. The van der Waals surface area contributed by atoms with E-state index in [9.17, 15) is 16.8 Å². The van der Waals surface area contributed by atoms with Crippen molar-refractivity contribution in [2.45, 2.75) is 16.2 Å². The average molecular weight is 296 g/mol. The van der Waals surface area contributed by atoms with Crippen LogP contribution in [0.4, 0.5) is 0 Å². The SMILES string of the molecule is O=S1(=O)CCCS(=O)(=O)c2cccc3cccc1c23. The summed E-state index contributed by atoms with van der Waals surface area (Å²) in [4.78, 5) is 0.257. The summed E-state index contributed by atoms with van der Waals surface area (Å²) in [7, 11) is -6.85. The van der Waals surface area contributed by atoms with Crippen LogP contribution in [0.2, 0.25) is 0 Å². The van der Waals surface area contributed by atoms with Gasteiger partial charge in [-0.05, 0) is 23.9 Å². The first kappa shape index (κ1) is 12.6. The summed E-state index contributed by atoms with van der Waals surface area (Å²) >= 11 is 0. The second-order valence-electron chi connectivity index (χ2n) is 4.60. The van der Waals surface area contributed by atoms with Gasteiger partial charge in [-0.15, -0.1) is 0 Å². The van der Waals surface area contributed by atoms with E-state index in [2.05, 4.69) is 0 Å². The molecule has 0 N–H and O–H groups in total. The van der Waals surface area contributed by atoms with E-state index in [0.29, 0.717) is 10.8 Å². The van der Waals surface area contributed by atoms with Crippen molar-refractivity contribution < 1.29 is 16.8 Å². The van der Waals surface area contributed by atoms with Crippen LogP contribution in [0.25, 0.3) is 10.8 Å². The number of hydrogen-bond acceptors (Lipinski definition) is 4. The standard InChI is InChI=1S/C13H12O4S2/c14-18(15)8-3-9-19(16,17)12-7-2-5-10-4-1-6-11(18)13(10)12/h1-2,4-7H,3,8-9H2. The van der Waals surface area contributed by atoms with Crippen LogP contribution in [0.5, 0.6) is 0 Å². The van der Waals surface area contributed by atoms with Crippen molar-refractivity contribution in [2.24, 2.45) is 0 Å². The number of benzene rings is 2. The lowest BCUT2D eigenvalue weighted by atomic mass is 10.1. The fourth-order valence-electron chi connectivity index (χ4n) is 2.45. The van der Waals surface area contributed by atoms with Crippen molar-refractivity contribution in [1.82, 2.24) is 0 Å². The molecule has 1 heterocycles. The first-order valence-corrected chi connectivity index (χ1v) is 9.19. The maximum absolute atomic E-state index is 12.2. The Morgan fingerprint density at radius 2 is 1.21 bits per heavy atom. The van der Waals surface area contributed by atoms with E-state index >= 15 is 0 Å². The minimum absolute atomic E-state index is 0.125. The monoisotopic (exact) mass is 296 g/mol. The molecular weight excluding hydrogens is 284 g/mol. The Kier molecular flexibility index (Phi) is 2.69. The van der Waals surface area contributed by atoms with Crippen LogP contribution in [0.3, 0.4) is 0 Å². The minimum Gasteiger partial charge on any atom is -0.224 e. The first-order chi connectivity index (χ1) is 8.92. The van der Waals surface area contributed by atoms with Crippen molar-refractivity contribution >= 4 is 30.4 Å². The normalized spacial score (nSPS) is 20.6. The van der Waals surface area contributed by atoms with Gasteiger partial charge in [0.1, 0.15) is 0 Å². The molecular formula is C13H12O4S2. The van der Waals surface area contributed by atoms with Gasteiger partial charge in [0.05, 0.1) is 21.3 Å². The Morgan fingerprint density at radius 1 is 0.737 bits per heavy atom. The number of hydrogen-bond donors (Lipinski definition) is 0. The molecule has 3 rings (SSSR count). The lowest BCUT2D eigenvalue weighted by Crippen LogP contribution is -2.18. The van der Waals surface area contributed by atoms with E-state index in [0.717, 1.165) is 0 Å². The highest BCUT2D eigenvalue weighted by atomic mass is 32.2. The van der Waals surface area contributed by atoms with E-state index < -0.39 is 19.7 Å². The molecule has 0 saturated carbocycles. The fourth-order valence-corrected chi connectivity index (χ4v) is 5.84. The predicted octanol–water partition coefficient (Wildman–Crippen LogP) is 1.79. The van der Waals surface area contributed by atoms with Crippen LogP contribution in [-0.2, 0) is 19.7 Å². The van der Waals surface area contributed by atoms with Crippen LogP contribution < -0.4 is 0 Å². The lowest BCUT2D eigenvalue weighted by Gasteiger charge is -2.15. The molecule has 0 atom stereocenters. The molecule has 1 aliphatic rings. The Morgan fingerprint density at radius 3 is 1.68 bits per heavy atom. The molecule has 0 aromatic heterocycles. The summed E-state index contributed by atoms with van der Waals surface area (Å²) in [5, 5.41) is 0.980. The zero-order valence-corrected chi connectivity index (χ0v) is 11.7. The second kappa shape index (κ2) is 4.05. The molecule has 1 aliphatic heterocycles. The van der Waals surface area contributed by atoms with Gasteiger partial charge in [-0.3, -0.25) is 0 Å². The largest absolute Gasteiger partial charge is 0.224 e. The minimum atomic E-state index is -3.42. The van der Waals surface area contributed by atoms with Crippen LogP contribution in [0.1, 0.15) is 6.42 Å². The molecule has 4 nitrogen and oxygen atoms in total. The topological polar surface area (TPSA) is 68.3 Å². The summed E-state index contributed by atoms with van der Waals surface area (Å²) in [6.45, 7) is 0. The van der Waals surface area contributed by atoms with Gasteiger partial charge >= 0.3 is 0 Å². The summed E-state index contributed by atoms with van der Waals surface area (Å²) < 4.78 is 49.0. The highest BCUT2D eigenvalue weighted by Crippen LogP contribution is 2.32. The van der Waals surface area contributed by atoms with Crippen molar-refractivity contribution in [1.29, 1.82) is 0 Å². The Bertz CT molecular complexity index is 796. The lowest BCUT2D eigenvalue weighted by molar-refractivity contribution is 0.588. The summed E-state index contributed by atoms with van der Waals surface area (Å²) in [6, 6.07) is 9.73. The molecule has 100 valence electrons. The summed E-state index contributed by atoms with van der Waals surface area (Å²) in [5.41, 5.74) is 0. The third-order valence-electron chi connectivity index (χ3n) is 3.32. The molecule has 0 radical (unpaired) electrons. The molecule has 6 heteroatoms. The van der Waals surface area contributed by atoms with E-state index in [1.807, 2.05) is 0 Å². The summed E-state index contributed by atoms with van der Waals surface area (Å²) in [5.74, 6) is -0.251. The smallest absolute Gasteiger partial charge is 0.179 e. The molecule has 0 fully saturated rings. The molecule has 2 aromatic carbocycles. The highest BCUT2D eigenvalue weighted by molar-refractivity contribution is 7.93. The van der Waals surface area contributed by atoms with Gasteiger partial charge in [-0.2, -0.15) is 0 Å². The predicted molar refractivity (Wildman–Crippen MR) is 72.7 cm³/mol. The fraction of sp³-hybridized carbons (Fsp3) is 0.231. The van der Waals surface area contributed by atoms with Gasteiger partial charge in [0.2, 0.25) is 0 Å². The Balaban J connectivity index is 2.59. The van der Waals surface area contributed by atoms with Crippen molar-refractivity contribution in [2.75, 3.05) is 11.5 Å². The molecule has 0 aliphatic carbocycles. The number of sulfone groups is 2. The zero-order valence-electron chi connectivity index (χ0n) is 10.0. The molecule has 0 bridgehead atoms. The molecule has 19 heavy (non-hydrogen) atoms. The van der Waals surface area contributed by atoms with Crippen molar-refractivity contribution in [3.05, 3.63) is 36.4 Å². The number of rotatable bonds is 0. The quantitative estimate of drug-likeness (QED) is 0.743. The first-order valence-electron chi connectivity index (χ1n) is 5.89. The van der Waals surface area contributed by atoms with E-state index in [1.165, 1.54) is 12.1 Å². The maximum atomic E-state index is 12.2. The van der Waals surface area contributed by atoms with E-state index in [1.54, 1.807) is 24.3 Å². The Hall–Kier alpha value is -1.40. The van der Waals surface area contributed by atoms with Gasteiger partial charge in [0.15, 0.2) is 19.7 Å². The van der Waals surface area contributed by atoms with Gasteiger partial charge in [0, 0.05) is 5.39 Å². The third kappa shape index (κ3) is 1.95. The van der Waals surface area contributed by atoms with Gasteiger partial charge in [0.25, 0.3) is 0 Å². The molecule has 0 saturated heterocycles. The van der Waals surface area contributed by atoms with Crippen LogP contribution in [-0.4, -0.2) is 28.3 Å². The van der Waals surface area contributed by atoms with E-state index in [-0.39, 0.29) is 27.7 Å². The maximum Gasteiger partial charge on any atom is 0.179 e. The van der Waals surface area contributed by atoms with Crippen molar-refractivity contribution in [3.8, 4) is 0 Å². The molecule has 2 aromatic rings. The molecule has 0 unspecified atom stereocenters. The van der Waals surface area contributed by atoms with Crippen LogP contribution >= 0.6 is 0 Å². The molecule has 0 spiro atoms. The van der Waals surface area contributed by atoms with E-state index in [4.69, 9.17) is 0 Å². The highest BCUT2D eigenvalue weighted by Gasteiger charge is 2.27. The van der Waals surface area contributed by atoms with Crippen molar-refractivity contribution in [3.63, 3.8) is 0 Å². The zero-order chi connectivity index (χ0) is 13.7. The van der Waals surface area contributed by atoms with Gasteiger partial charge < -0.3 is 0 Å². The third-order valence-corrected chi connectivity index (χ3v) is 7.00. The average Bonchev–Trinajstić information content (AvgIpc) is 2.35.